The Labute approximate surface area is 170 Å². The van der Waals surface area contributed by atoms with Gasteiger partial charge < -0.3 is 27.0 Å². The molecule has 0 aliphatic rings. The molecule has 0 fully saturated rings. The van der Waals surface area contributed by atoms with Crippen LogP contribution in [0.3, 0.4) is 0 Å². The van der Waals surface area contributed by atoms with Gasteiger partial charge in [-0.2, -0.15) is 4.99 Å². The Kier molecular flexibility index (Phi) is 10.9. The molecule has 0 aliphatic heterocycles. The van der Waals surface area contributed by atoms with Gasteiger partial charge in [0, 0.05) is 21.0 Å². The SMILES string of the molecule is CC(=O)N=C(N)N(C)CC(=O)OOC(=O)C(N)CC(=O)OOC(=O)CN(C)C(=N)N. The van der Waals surface area contributed by atoms with Crippen molar-refractivity contribution >= 4 is 41.7 Å². The van der Waals surface area contributed by atoms with E-state index >= 15 is 0 Å². The molecule has 0 spiro atoms. The molecule has 0 aliphatic carbocycles. The maximum atomic E-state index is 11.6. The molecule has 1 atom stereocenters. The van der Waals surface area contributed by atoms with E-state index in [9.17, 15) is 24.0 Å². The molecule has 0 rings (SSSR count). The summed E-state index contributed by atoms with van der Waals surface area (Å²) in [7, 11) is 2.64. The Hall–Kier alpha value is -3.95. The number of likely N-dealkylation sites (N-methyl/N-ethyl adjacent to an activating group) is 2. The number of hydrogen-bond donors (Lipinski definition) is 4. The summed E-state index contributed by atoms with van der Waals surface area (Å²) in [6, 6.07) is -1.61. The van der Waals surface area contributed by atoms with Gasteiger partial charge in [0.05, 0.1) is 6.42 Å². The van der Waals surface area contributed by atoms with Gasteiger partial charge in [-0.05, 0) is 0 Å². The molecule has 0 radical (unpaired) electrons. The number of carbonyl (C=O) groups excluding carboxylic acids is 5. The van der Waals surface area contributed by atoms with Gasteiger partial charge in [-0.1, -0.05) is 0 Å². The van der Waals surface area contributed by atoms with Crippen molar-refractivity contribution in [1.29, 1.82) is 5.41 Å². The Bertz CT molecular complexity index is 725. The van der Waals surface area contributed by atoms with Crippen LogP contribution < -0.4 is 17.2 Å². The first-order chi connectivity index (χ1) is 13.8. The molecule has 16 heteroatoms. The van der Waals surface area contributed by atoms with E-state index in [4.69, 9.17) is 22.6 Å². The Morgan fingerprint density at radius 2 is 1.37 bits per heavy atom. The molecular formula is C14H23N7O9. The fraction of sp³-hybridized carbons (Fsp3) is 0.500. The Morgan fingerprint density at radius 1 is 0.900 bits per heavy atom. The first-order valence-corrected chi connectivity index (χ1v) is 8.01. The molecule has 0 saturated carbocycles. The molecular weight excluding hydrogens is 410 g/mol. The third-order valence-corrected chi connectivity index (χ3v) is 2.94. The zero-order valence-electron chi connectivity index (χ0n) is 16.4. The zero-order chi connectivity index (χ0) is 23.4. The second-order valence-corrected chi connectivity index (χ2v) is 5.67. The van der Waals surface area contributed by atoms with Gasteiger partial charge in [0.1, 0.15) is 19.1 Å². The van der Waals surface area contributed by atoms with Crippen LogP contribution in [-0.2, 0) is 43.5 Å². The van der Waals surface area contributed by atoms with Crippen molar-refractivity contribution in [3.8, 4) is 0 Å². The molecule has 16 nitrogen and oxygen atoms in total. The average molecular weight is 433 g/mol. The third-order valence-electron chi connectivity index (χ3n) is 2.94. The van der Waals surface area contributed by atoms with E-state index in [-0.39, 0.29) is 5.96 Å². The van der Waals surface area contributed by atoms with Gasteiger partial charge in [-0.15, -0.1) is 0 Å². The second kappa shape index (κ2) is 12.5. The number of aliphatic imine (C=N–C) groups is 1. The summed E-state index contributed by atoms with van der Waals surface area (Å²) in [4.78, 5) is 79.0. The van der Waals surface area contributed by atoms with E-state index in [1.54, 1.807) is 0 Å². The van der Waals surface area contributed by atoms with Gasteiger partial charge in [-0.3, -0.25) is 10.2 Å². The predicted octanol–water partition coefficient (Wildman–Crippen LogP) is -3.68. The highest BCUT2D eigenvalue weighted by molar-refractivity contribution is 5.92. The molecule has 1 unspecified atom stereocenters. The van der Waals surface area contributed by atoms with E-state index in [0.29, 0.717) is 0 Å². The summed E-state index contributed by atoms with van der Waals surface area (Å²) < 4.78 is 0. The van der Waals surface area contributed by atoms with Crippen molar-refractivity contribution in [2.24, 2.45) is 22.2 Å². The first-order valence-electron chi connectivity index (χ1n) is 8.01. The summed E-state index contributed by atoms with van der Waals surface area (Å²) in [5.74, 6) is -5.89. The van der Waals surface area contributed by atoms with Crippen molar-refractivity contribution < 1.29 is 43.5 Å². The minimum Gasteiger partial charge on any atom is -0.370 e. The van der Waals surface area contributed by atoms with Crippen LogP contribution in [0.2, 0.25) is 0 Å². The van der Waals surface area contributed by atoms with Crippen molar-refractivity contribution in [3.05, 3.63) is 0 Å². The van der Waals surface area contributed by atoms with E-state index in [2.05, 4.69) is 24.5 Å². The van der Waals surface area contributed by atoms with Gasteiger partial charge in [0.15, 0.2) is 11.9 Å². The highest BCUT2D eigenvalue weighted by Gasteiger charge is 2.24. The van der Waals surface area contributed by atoms with Crippen LogP contribution >= 0.6 is 0 Å². The van der Waals surface area contributed by atoms with Crippen LogP contribution in [0.4, 0.5) is 0 Å². The van der Waals surface area contributed by atoms with Gasteiger partial charge in [0.25, 0.3) is 0 Å². The van der Waals surface area contributed by atoms with Crippen molar-refractivity contribution in [2.45, 2.75) is 19.4 Å². The van der Waals surface area contributed by atoms with Crippen molar-refractivity contribution in [1.82, 2.24) is 9.80 Å². The van der Waals surface area contributed by atoms with Gasteiger partial charge in [-0.25, -0.2) is 38.7 Å². The number of rotatable bonds is 7. The zero-order valence-corrected chi connectivity index (χ0v) is 16.4. The summed E-state index contributed by atoms with van der Waals surface area (Å²) in [5.41, 5.74) is 15.9. The van der Waals surface area contributed by atoms with E-state index in [1.165, 1.54) is 14.1 Å². The monoisotopic (exact) mass is 433 g/mol. The number of nitrogens with two attached hydrogens (primary N) is 3. The quantitative estimate of drug-likeness (QED) is 0.131. The van der Waals surface area contributed by atoms with Crippen molar-refractivity contribution in [3.63, 3.8) is 0 Å². The maximum Gasteiger partial charge on any atom is 0.374 e. The first kappa shape index (κ1) is 26.1. The van der Waals surface area contributed by atoms with Crippen LogP contribution in [0.25, 0.3) is 0 Å². The molecule has 30 heavy (non-hydrogen) atoms. The molecule has 0 aromatic heterocycles. The lowest BCUT2D eigenvalue weighted by Gasteiger charge is -2.16. The number of nitrogens with one attached hydrogen (secondary N) is 1. The minimum atomic E-state index is -1.61. The van der Waals surface area contributed by atoms with Crippen LogP contribution in [0, 0.1) is 5.41 Å². The van der Waals surface area contributed by atoms with Crippen LogP contribution in [0.5, 0.6) is 0 Å². The lowest BCUT2D eigenvalue weighted by atomic mass is 10.2. The average Bonchev–Trinajstić information content (AvgIpc) is 2.63. The van der Waals surface area contributed by atoms with Gasteiger partial charge >= 0.3 is 23.9 Å². The molecule has 0 aromatic carbocycles. The summed E-state index contributed by atoms with van der Waals surface area (Å²) in [6.45, 7) is 0.166. The molecule has 168 valence electrons. The van der Waals surface area contributed by atoms with E-state index in [1.807, 2.05) is 0 Å². The number of nitrogens with zero attached hydrogens (tertiary/aromatic N) is 3. The maximum absolute atomic E-state index is 11.6. The van der Waals surface area contributed by atoms with Crippen LogP contribution in [-0.4, -0.2) is 84.7 Å². The topological polar surface area (TPSA) is 243 Å². The molecule has 0 heterocycles. The molecule has 7 N–H and O–H groups in total. The molecule has 1 amide bonds. The molecule has 0 bridgehead atoms. The second-order valence-electron chi connectivity index (χ2n) is 5.67. The van der Waals surface area contributed by atoms with Crippen LogP contribution in [0.15, 0.2) is 4.99 Å². The van der Waals surface area contributed by atoms with Gasteiger partial charge in [0.2, 0.25) is 5.91 Å². The fourth-order valence-electron chi connectivity index (χ4n) is 1.39. The summed E-state index contributed by atoms with van der Waals surface area (Å²) in [6.07, 6.45) is -0.773. The number of carbonyl (C=O) groups is 5. The predicted molar refractivity (Wildman–Crippen MR) is 96.4 cm³/mol. The number of hydrogen-bond acceptors (Lipinski definition) is 11. The fourth-order valence-corrected chi connectivity index (χ4v) is 1.39. The minimum absolute atomic E-state index is 0.269. The molecule has 0 saturated heterocycles. The highest BCUT2D eigenvalue weighted by atomic mass is 17.2. The van der Waals surface area contributed by atoms with E-state index in [0.717, 1.165) is 16.7 Å². The van der Waals surface area contributed by atoms with Crippen LogP contribution in [0.1, 0.15) is 13.3 Å². The summed E-state index contributed by atoms with van der Waals surface area (Å²) >= 11 is 0. The highest BCUT2D eigenvalue weighted by Crippen LogP contribution is 1.98. The third kappa shape index (κ3) is 11.0. The largest absolute Gasteiger partial charge is 0.374 e. The number of amides is 1. The number of guanidine groups is 2. The Morgan fingerprint density at radius 3 is 1.87 bits per heavy atom. The van der Waals surface area contributed by atoms with E-state index < -0.39 is 61.3 Å². The molecule has 0 aromatic rings. The normalized spacial score (nSPS) is 11.5. The lowest BCUT2D eigenvalue weighted by molar-refractivity contribution is -0.264. The lowest BCUT2D eigenvalue weighted by Crippen LogP contribution is -2.40. The van der Waals surface area contributed by atoms with Crippen molar-refractivity contribution in [2.75, 3.05) is 27.2 Å². The Balaban J connectivity index is 4.31. The smallest absolute Gasteiger partial charge is 0.370 e. The summed E-state index contributed by atoms with van der Waals surface area (Å²) in [5, 5.41) is 7.06. The standard InChI is InChI=1S/C14H23N7O9/c1-7(22)19-14(18)21(3)6-11(25)29-30-12(26)8(15)4-9(23)27-28-10(24)5-20(2)13(16)17/h8H,4-6,15H2,1-3H3,(H3,16,17)(H2,18,19,22).